The van der Waals surface area contributed by atoms with E-state index in [4.69, 9.17) is 9.47 Å². The van der Waals surface area contributed by atoms with E-state index >= 15 is 0 Å². The Morgan fingerprint density at radius 2 is 1.79 bits per heavy atom. The predicted octanol–water partition coefficient (Wildman–Crippen LogP) is 3.18. The van der Waals surface area contributed by atoms with Crippen LogP contribution in [0.1, 0.15) is 21.6 Å². The minimum Gasteiger partial charge on any atom is -0.493 e. The molecule has 0 fully saturated rings. The lowest BCUT2D eigenvalue weighted by Crippen LogP contribution is -2.24. The van der Waals surface area contributed by atoms with Gasteiger partial charge in [0.1, 0.15) is 17.3 Å². The molecule has 8 heteroatoms. The Morgan fingerprint density at radius 1 is 1.00 bits per heavy atom. The molecule has 0 bridgehead atoms. The highest BCUT2D eigenvalue weighted by Crippen LogP contribution is 2.27. The molecule has 3 aromatic rings. The van der Waals surface area contributed by atoms with Crippen LogP contribution in [-0.4, -0.2) is 30.1 Å². The highest BCUT2D eigenvalue weighted by molar-refractivity contribution is 5.91. The van der Waals surface area contributed by atoms with Gasteiger partial charge in [-0.25, -0.2) is 14.4 Å². The Balaban J connectivity index is 1.56. The molecule has 150 valence electrons. The second kappa shape index (κ2) is 9.50. The van der Waals surface area contributed by atoms with Crippen molar-refractivity contribution >= 4 is 11.7 Å². The molecule has 29 heavy (non-hydrogen) atoms. The number of hydrogen-bond donors (Lipinski definition) is 2. The van der Waals surface area contributed by atoms with Crippen LogP contribution in [0.4, 0.5) is 10.2 Å². The number of benzene rings is 2. The van der Waals surface area contributed by atoms with E-state index in [1.807, 2.05) is 18.2 Å². The Morgan fingerprint density at radius 3 is 2.48 bits per heavy atom. The lowest BCUT2D eigenvalue weighted by molar-refractivity contribution is 0.0945. The van der Waals surface area contributed by atoms with Crippen LogP contribution in [0.25, 0.3) is 0 Å². The third kappa shape index (κ3) is 5.19. The highest BCUT2D eigenvalue weighted by Gasteiger charge is 2.10. The number of methoxy groups -OCH3 is 2. The molecule has 0 unspecified atom stereocenters. The maximum absolute atomic E-state index is 13.6. The van der Waals surface area contributed by atoms with Crippen molar-refractivity contribution < 1.29 is 18.7 Å². The van der Waals surface area contributed by atoms with Crippen LogP contribution < -0.4 is 20.1 Å². The first-order valence-electron chi connectivity index (χ1n) is 8.89. The zero-order valence-corrected chi connectivity index (χ0v) is 16.1. The molecule has 0 spiro atoms. The van der Waals surface area contributed by atoms with Crippen molar-refractivity contribution in [2.24, 2.45) is 0 Å². The first-order chi connectivity index (χ1) is 14.1. The maximum Gasteiger partial charge on any atom is 0.271 e. The molecule has 2 aromatic carbocycles. The average molecular weight is 396 g/mol. The van der Waals surface area contributed by atoms with Crippen molar-refractivity contribution in [3.63, 3.8) is 0 Å². The zero-order valence-electron chi connectivity index (χ0n) is 16.1. The number of carbonyl (C=O) groups is 1. The van der Waals surface area contributed by atoms with E-state index in [-0.39, 0.29) is 18.1 Å². The van der Waals surface area contributed by atoms with Crippen LogP contribution >= 0.6 is 0 Å². The molecule has 2 N–H and O–H groups in total. The molecule has 0 aliphatic heterocycles. The molecule has 0 saturated carbocycles. The minimum atomic E-state index is -0.424. The van der Waals surface area contributed by atoms with Crippen LogP contribution in [0.5, 0.6) is 11.5 Å². The van der Waals surface area contributed by atoms with Gasteiger partial charge in [0.15, 0.2) is 11.5 Å². The van der Waals surface area contributed by atoms with E-state index in [0.29, 0.717) is 29.4 Å². The summed E-state index contributed by atoms with van der Waals surface area (Å²) < 4.78 is 24.1. The molecule has 1 amide bonds. The first kappa shape index (κ1) is 20.1. The van der Waals surface area contributed by atoms with Crippen molar-refractivity contribution in [2.45, 2.75) is 13.1 Å². The molecule has 0 radical (unpaired) electrons. The third-order valence-electron chi connectivity index (χ3n) is 4.20. The van der Waals surface area contributed by atoms with Crippen molar-refractivity contribution in [3.8, 4) is 11.5 Å². The average Bonchev–Trinajstić information content (AvgIpc) is 2.77. The zero-order chi connectivity index (χ0) is 20.6. The summed E-state index contributed by atoms with van der Waals surface area (Å²) in [4.78, 5) is 20.5. The Kier molecular flexibility index (Phi) is 6.57. The second-order valence-electron chi connectivity index (χ2n) is 6.10. The number of anilines is 1. The van der Waals surface area contributed by atoms with E-state index in [1.54, 1.807) is 32.4 Å². The quantitative estimate of drug-likeness (QED) is 0.608. The fraction of sp³-hybridized carbons (Fsp3) is 0.190. The lowest BCUT2D eigenvalue weighted by atomic mass is 10.2. The summed E-state index contributed by atoms with van der Waals surface area (Å²) in [6.45, 7) is 0.570. The summed E-state index contributed by atoms with van der Waals surface area (Å²) in [7, 11) is 3.16. The number of hydrogen-bond acceptors (Lipinski definition) is 6. The van der Waals surface area contributed by atoms with E-state index in [1.165, 1.54) is 18.5 Å². The molecule has 7 nitrogen and oxygen atoms in total. The van der Waals surface area contributed by atoms with Gasteiger partial charge in [-0.3, -0.25) is 4.79 Å². The number of aromatic nitrogens is 2. The van der Waals surface area contributed by atoms with E-state index < -0.39 is 5.91 Å². The third-order valence-corrected chi connectivity index (χ3v) is 4.20. The van der Waals surface area contributed by atoms with Crippen LogP contribution in [0.3, 0.4) is 0 Å². The van der Waals surface area contributed by atoms with Crippen LogP contribution in [-0.2, 0) is 13.1 Å². The summed E-state index contributed by atoms with van der Waals surface area (Å²) in [5.41, 5.74) is 1.52. The number of carbonyl (C=O) groups excluding carboxylic acids is 1. The van der Waals surface area contributed by atoms with E-state index in [9.17, 15) is 9.18 Å². The number of amides is 1. The van der Waals surface area contributed by atoms with Crippen molar-refractivity contribution in [1.29, 1.82) is 0 Å². The van der Waals surface area contributed by atoms with Crippen molar-refractivity contribution in [2.75, 3.05) is 19.5 Å². The molecule has 3 rings (SSSR count). The first-order valence-corrected chi connectivity index (χ1v) is 8.89. The van der Waals surface area contributed by atoms with Gasteiger partial charge in [-0.15, -0.1) is 0 Å². The second-order valence-corrected chi connectivity index (χ2v) is 6.10. The largest absolute Gasteiger partial charge is 0.493 e. The molecule has 1 aromatic heterocycles. The highest BCUT2D eigenvalue weighted by atomic mass is 19.1. The molecule has 0 aliphatic rings. The van der Waals surface area contributed by atoms with Gasteiger partial charge in [-0.05, 0) is 23.8 Å². The van der Waals surface area contributed by atoms with E-state index in [0.717, 1.165) is 5.56 Å². The van der Waals surface area contributed by atoms with Gasteiger partial charge in [-0.2, -0.15) is 0 Å². The maximum atomic E-state index is 13.6. The number of halogens is 1. The molecular weight excluding hydrogens is 375 g/mol. The van der Waals surface area contributed by atoms with Gasteiger partial charge in [0.25, 0.3) is 5.91 Å². The standard InChI is InChI=1S/C21H21FN4O3/c1-28-18-8-7-14(9-19(18)29-2)10-24-20-13-23-17(12-25-20)21(27)26-11-15-5-3-4-6-16(15)22/h3-9,12-13H,10-11H2,1-2H3,(H,24,25)(H,26,27). The van der Waals surface area contributed by atoms with Crippen LogP contribution in [0.2, 0.25) is 0 Å². The fourth-order valence-electron chi connectivity index (χ4n) is 2.63. The normalized spacial score (nSPS) is 10.3. The van der Waals surface area contributed by atoms with Gasteiger partial charge in [-0.1, -0.05) is 24.3 Å². The monoisotopic (exact) mass is 396 g/mol. The molecular formula is C21H21FN4O3. The summed E-state index contributed by atoms with van der Waals surface area (Å²) in [6, 6.07) is 11.9. The summed E-state index contributed by atoms with van der Waals surface area (Å²) in [6.07, 6.45) is 2.84. The van der Waals surface area contributed by atoms with Crippen LogP contribution in [0.15, 0.2) is 54.9 Å². The van der Waals surface area contributed by atoms with Gasteiger partial charge in [0.05, 0.1) is 26.6 Å². The predicted molar refractivity (Wildman–Crippen MR) is 106 cm³/mol. The summed E-state index contributed by atoms with van der Waals surface area (Å²) in [5.74, 6) is 1.02. The minimum absolute atomic E-state index is 0.0759. The number of ether oxygens (including phenoxy) is 2. The fourth-order valence-corrected chi connectivity index (χ4v) is 2.63. The smallest absolute Gasteiger partial charge is 0.271 e. The molecule has 1 heterocycles. The number of nitrogens with zero attached hydrogens (tertiary/aromatic N) is 2. The van der Waals surface area contributed by atoms with Crippen molar-refractivity contribution in [3.05, 3.63) is 77.5 Å². The Labute approximate surface area is 167 Å². The SMILES string of the molecule is COc1ccc(CNc2cnc(C(=O)NCc3ccccc3F)cn2)cc1OC. The lowest BCUT2D eigenvalue weighted by Gasteiger charge is -2.11. The molecule has 0 saturated heterocycles. The van der Waals surface area contributed by atoms with Crippen molar-refractivity contribution in [1.82, 2.24) is 15.3 Å². The van der Waals surface area contributed by atoms with Crippen LogP contribution in [0, 0.1) is 5.82 Å². The van der Waals surface area contributed by atoms with E-state index in [2.05, 4.69) is 20.6 Å². The number of nitrogens with one attached hydrogen (secondary N) is 2. The van der Waals surface area contributed by atoms with Gasteiger partial charge >= 0.3 is 0 Å². The summed E-state index contributed by atoms with van der Waals surface area (Å²) in [5, 5.41) is 5.76. The van der Waals surface area contributed by atoms with Gasteiger partial charge in [0, 0.05) is 18.7 Å². The Bertz CT molecular complexity index is 980. The topological polar surface area (TPSA) is 85.4 Å². The number of rotatable bonds is 8. The Hall–Kier alpha value is -3.68. The molecule has 0 atom stereocenters. The molecule has 0 aliphatic carbocycles. The summed E-state index contributed by atoms with van der Waals surface area (Å²) >= 11 is 0. The van der Waals surface area contributed by atoms with Gasteiger partial charge in [0.2, 0.25) is 0 Å². The van der Waals surface area contributed by atoms with Gasteiger partial charge < -0.3 is 20.1 Å².